The van der Waals surface area contributed by atoms with Crippen LogP contribution in [0.2, 0.25) is 5.02 Å². The first-order chi connectivity index (χ1) is 6.75. The lowest BCUT2D eigenvalue weighted by molar-refractivity contribution is 0.0149. The minimum atomic E-state index is 0.282. The molecule has 1 aliphatic heterocycles. The first kappa shape index (κ1) is 9.97. The average Bonchev–Trinajstić information content (AvgIpc) is 2.19. The van der Waals surface area contributed by atoms with Crippen LogP contribution in [0.3, 0.4) is 0 Å². The number of nitrogens with one attached hydrogen (secondary N) is 1. The van der Waals surface area contributed by atoms with E-state index in [0.29, 0.717) is 6.10 Å². The second-order valence-electron chi connectivity index (χ2n) is 3.66. The van der Waals surface area contributed by atoms with Crippen LogP contribution in [0.15, 0.2) is 24.3 Å². The molecule has 1 aromatic rings. The summed E-state index contributed by atoms with van der Waals surface area (Å²) in [5.74, 6) is 0. The van der Waals surface area contributed by atoms with Gasteiger partial charge >= 0.3 is 0 Å². The van der Waals surface area contributed by atoms with Gasteiger partial charge in [0, 0.05) is 11.6 Å². The van der Waals surface area contributed by atoms with Crippen LogP contribution in [-0.4, -0.2) is 19.3 Å². The number of rotatable bonds is 1. The summed E-state index contributed by atoms with van der Waals surface area (Å²) in [5, 5.41) is 4.21. The van der Waals surface area contributed by atoms with Crippen LogP contribution in [0.4, 0.5) is 0 Å². The first-order valence-corrected chi connectivity index (χ1v) is 5.24. The molecule has 2 rings (SSSR count). The van der Waals surface area contributed by atoms with Crippen molar-refractivity contribution in [2.24, 2.45) is 0 Å². The summed E-state index contributed by atoms with van der Waals surface area (Å²) >= 11 is 5.92. The number of ether oxygens (including phenoxy) is 1. The number of halogens is 1. The van der Waals surface area contributed by atoms with Crippen LogP contribution in [0.1, 0.15) is 18.5 Å². The second-order valence-corrected chi connectivity index (χ2v) is 4.10. The molecule has 2 atom stereocenters. The molecule has 0 saturated carbocycles. The Labute approximate surface area is 89.2 Å². The second kappa shape index (κ2) is 4.30. The summed E-state index contributed by atoms with van der Waals surface area (Å²) in [5.41, 5.74) is 1.20. The molecule has 2 nitrogen and oxygen atoms in total. The molecule has 0 aliphatic carbocycles. The third-order valence-electron chi connectivity index (χ3n) is 2.45. The van der Waals surface area contributed by atoms with Crippen LogP contribution < -0.4 is 5.32 Å². The molecule has 3 heteroatoms. The van der Waals surface area contributed by atoms with Gasteiger partial charge in [0.1, 0.15) is 0 Å². The maximum atomic E-state index is 5.92. The lowest BCUT2D eigenvalue weighted by Crippen LogP contribution is -2.39. The van der Waals surface area contributed by atoms with E-state index in [1.807, 2.05) is 18.2 Å². The predicted molar refractivity (Wildman–Crippen MR) is 57.6 cm³/mol. The first-order valence-electron chi connectivity index (χ1n) is 4.86. The average molecular weight is 212 g/mol. The van der Waals surface area contributed by atoms with Crippen molar-refractivity contribution in [1.82, 2.24) is 5.32 Å². The zero-order valence-electron chi connectivity index (χ0n) is 8.16. The van der Waals surface area contributed by atoms with Crippen molar-refractivity contribution in [2.45, 2.75) is 19.1 Å². The molecule has 1 aliphatic rings. The Hall–Kier alpha value is -0.570. The summed E-state index contributed by atoms with van der Waals surface area (Å²) in [6.45, 7) is 3.69. The van der Waals surface area contributed by atoms with Crippen molar-refractivity contribution < 1.29 is 4.74 Å². The zero-order valence-corrected chi connectivity index (χ0v) is 8.92. The molecule has 76 valence electrons. The fraction of sp³-hybridized carbons (Fsp3) is 0.455. The molecule has 0 aromatic heterocycles. The standard InChI is InChI=1S/C11H14ClNO/c1-8-6-13-11(7-14-8)9-3-2-4-10(12)5-9/h2-5,8,11,13H,6-7H2,1H3. The Morgan fingerprint density at radius 3 is 3.00 bits per heavy atom. The summed E-state index contributed by atoms with van der Waals surface area (Å²) < 4.78 is 5.58. The van der Waals surface area contributed by atoms with Crippen molar-refractivity contribution >= 4 is 11.6 Å². The monoisotopic (exact) mass is 211 g/mol. The third kappa shape index (κ3) is 2.27. The molecule has 2 unspecified atom stereocenters. The Balaban J connectivity index is 2.08. The van der Waals surface area contributed by atoms with Gasteiger partial charge < -0.3 is 10.1 Å². The quantitative estimate of drug-likeness (QED) is 0.770. The van der Waals surface area contributed by atoms with Gasteiger partial charge in [-0.05, 0) is 24.6 Å². The highest BCUT2D eigenvalue weighted by atomic mass is 35.5. The predicted octanol–water partition coefficient (Wildman–Crippen LogP) is 2.39. The highest BCUT2D eigenvalue weighted by Gasteiger charge is 2.18. The summed E-state index contributed by atoms with van der Waals surface area (Å²) in [6, 6.07) is 8.20. The number of hydrogen-bond acceptors (Lipinski definition) is 2. The normalized spacial score (nSPS) is 27.6. The molecule has 1 aromatic carbocycles. The van der Waals surface area contributed by atoms with E-state index >= 15 is 0 Å². The van der Waals surface area contributed by atoms with Gasteiger partial charge in [0.2, 0.25) is 0 Å². The fourth-order valence-electron chi connectivity index (χ4n) is 1.62. The van der Waals surface area contributed by atoms with Crippen molar-refractivity contribution in [1.29, 1.82) is 0 Å². The SMILES string of the molecule is CC1CNC(c2cccc(Cl)c2)CO1. The van der Waals surface area contributed by atoms with Crippen LogP contribution in [0, 0.1) is 0 Å². The molecule has 0 bridgehead atoms. The van der Waals surface area contributed by atoms with Crippen molar-refractivity contribution in [3.05, 3.63) is 34.9 Å². The number of morpholine rings is 1. The van der Waals surface area contributed by atoms with E-state index in [-0.39, 0.29) is 6.04 Å². The molecule has 1 heterocycles. The topological polar surface area (TPSA) is 21.3 Å². The fourth-order valence-corrected chi connectivity index (χ4v) is 1.82. The minimum Gasteiger partial charge on any atom is -0.375 e. The largest absolute Gasteiger partial charge is 0.375 e. The lowest BCUT2D eigenvalue weighted by atomic mass is 10.1. The highest BCUT2D eigenvalue weighted by Crippen LogP contribution is 2.20. The summed E-state index contributed by atoms with van der Waals surface area (Å²) in [4.78, 5) is 0. The van der Waals surface area contributed by atoms with Gasteiger partial charge in [0.05, 0.1) is 18.8 Å². The number of hydrogen-bond donors (Lipinski definition) is 1. The van der Waals surface area contributed by atoms with Gasteiger partial charge in [-0.25, -0.2) is 0 Å². The van der Waals surface area contributed by atoms with Crippen LogP contribution in [-0.2, 0) is 4.74 Å². The van der Waals surface area contributed by atoms with Crippen LogP contribution in [0.25, 0.3) is 0 Å². The van der Waals surface area contributed by atoms with Gasteiger partial charge in [0.15, 0.2) is 0 Å². The van der Waals surface area contributed by atoms with Crippen molar-refractivity contribution in [3.63, 3.8) is 0 Å². The molecule has 0 spiro atoms. The van der Waals surface area contributed by atoms with Crippen LogP contribution >= 0.6 is 11.6 Å². The van der Waals surface area contributed by atoms with E-state index in [0.717, 1.165) is 18.2 Å². The minimum absolute atomic E-state index is 0.282. The molecule has 14 heavy (non-hydrogen) atoms. The molecule has 1 saturated heterocycles. The van der Waals surface area contributed by atoms with Crippen molar-refractivity contribution in [2.75, 3.05) is 13.2 Å². The molecular weight excluding hydrogens is 198 g/mol. The Bertz CT molecular complexity index is 308. The Morgan fingerprint density at radius 2 is 2.36 bits per heavy atom. The van der Waals surface area contributed by atoms with E-state index < -0.39 is 0 Å². The van der Waals surface area contributed by atoms with Gasteiger partial charge in [-0.2, -0.15) is 0 Å². The smallest absolute Gasteiger partial charge is 0.0672 e. The van der Waals surface area contributed by atoms with E-state index in [1.54, 1.807) is 0 Å². The Morgan fingerprint density at radius 1 is 1.50 bits per heavy atom. The van der Waals surface area contributed by atoms with E-state index in [4.69, 9.17) is 16.3 Å². The van der Waals surface area contributed by atoms with Gasteiger partial charge in [-0.15, -0.1) is 0 Å². The maximum Gasteiger partial charge on any atom is 0.0672 e. The Kier molecular flexibility index (Phi) is 3.06. The van der Waals surface area contributed by atoms with Gasteiger partial charge in [-0.1, -0.05) is 23.7 Å². The van der Waals surface area contributed by atoms with Gasteiger partial charge in [0.25, 0.3) is 0 Å². The molecule has 0 radical (unpaired) electrons. The highest BCUT2D eigenvalue weighted by molar-refractivity contribution is 6.30. The molecule has 1 N–H and O–H groups in total. The molecular formula is C11H14ClNO. The summed E-state index contributed by atoms with van der Waals surface area (Å²) in [6.07, 6.45) is 0.311. The third-order valence-corrected chi connectivity index (χ3v) is 2.69. The van der Waals surface area contributed by atoms with E-state index in [1.165, 1.54) is 5.56 Å². The molecule has 0 amide bonds. The number of benzene rings is 1. The van der Waals surface area contributed by atoms with Crippen molar-refractivity contribution in [3.8, 4) is 0 Å². The van der Waals surface area contributed by atoms with E-state index in [9.17, 15) is 0 Å². The zero-order chi connectivity index (χ0) is 9.97. The lowest BCUT2D eigenvalue weighted by Gasteiger charge is -2.28. The maximum absolute atomic E-state index is 5.92. The van der Waals surface area contributed by atoms with Gasteiger partial charge in [-0.3, -0.25) is 0 Å². The summed E-state index contributed by atoms with van der Waals surface area (Å²) in [7, 11) is 0. The van der Waals surface area contributed by atoms with Crippen LogP contribution in [0.5, 0.6) is 0 Å². The van der Waals surface area contributed by atoms with E-state index in [2.05, 4.69) is 18.3 Å². The molecule has 1 fully saturated rings.